The van der Waals surface area contributed by atoms with Crippen LogP contribution in [0.2, 0.25) is 0 Å². The average Bonchev–Trinajstić information content (AvgIpc) is 3.23. The highest BCUT2D eigenvalue weighted by atomic mass is 15.2. The number of hydrogen-bond donors (Lipinski definition) is 2. The molecule has 1 atom stereocenters. The summed E-state index contributed by atoms with van der Waals surface area (Å²) in [6.45, 7) is 4.30. The van der Waals surface area contributed by atoms with E-state index in [2.05, 4.69) is 50.7 Å². The first kappa shape index (κ1) is 14.0. The molecule has 1 fully saturated rings. The third kappa shape index (κ3) is 2.94. The molecule has 0 unspecified atom stereocenters. The van der Waals surface area contributed by atoms with Crippen LogP contribution in [-0.4, -0.2) is 34.2 Å². The Morgan fingerprint density at radius 3 is 3.05 bits per heavy atom. The van der Waals surface area contributed by atoms with Gasteiger partial charge in [-0.1, -0.05) is 30.3 Å². The smallest absolute Gasteiger partial charge is 0.0794 e. The van der Waals surface area contributed by atoms with Crippen LogP contribution < -0.4 is 5.32 Å². The molecule has 0 saturated carbocycles. The minimum absolute atomic E-state index is 0.595. The highest BCUT2D eigenvalue weighted by Crippen LogP contribution is 2.23. The van der Waals surface area contributed by atoms with E-state index in [4.69, 9.17) is 0 Å². The van der Waals surface area contributed by atoms with E-state index in [1.54, 1.807) is 0 Å². The van der Waals surface area contributed by atoms with Gasteiger partial charge < -0.3 is 5.32 Å². The standard InChI is InChI=1S/C18H24N4/c1-2-5-14(6-3-1)12-22-10-9-15(13-22)19-11-18-16-7-4-8-17(16)20-21-18/h1-3,5-6,15,19H,4,7-13H2,(H,20,21)/t15-/m0/s1. The van der Waals surface area contributed by atoms with Gasteiger partial charge in [-0.15, -0.1) is 0 Å². The van der Waals surface area contributed by atoms with Gasteiger partial charge in [0.15, 0.2) is 0 Å². The van der Waals surface area contributed by atoms with Crippen molar-refractivity contribution in [3.8, 4) is 0 Å². The number of nitrogens with zero attached hydrogens (tertiary/aromatic N) is 2. The van der Waals surface area contributed by atoms with Crippen molar-refractivity contribution in [1.82, 2.24) is 20.4 Å². The Hall–Kier alpha value is -1.65. The molecule has 4 heteroatoms. The second-order valence-electron chi connectivity index (χ2n) is 6.57. The molecule has 2 N–H and O–H groups in total. The fraction of sp³-hybridized carbons (Fsp3) is 0.500. The first-order valence-electron chi connectivity index (χ1n) is 8.43. The molecule has 2 aliphatic rings. The van der Waals surface area contributed by atoms with Crippen LogP contribution in [0.25, 0.3) is 0 Å². The van der Waals surface area contributed by atoms with Gasteiger partial charge in [-0.05, 0) is 36.8 Å². The molecule has 4 rings (SSSR count). The van der Waals surface area contributed by atoms with Crippen molar-refractivity contribution < 1.29 is 0 Å². The summed E-state index contributed by atoms with van der Waals surface area (Å²) in [5.41, 5.74) is 5.50. The summed E-state index contributed by atoms with van der Waals surface area (Å²) in [7, 11) is 0. The van der Waals surface area contributed by atoms with Crippen molar-refractivity contribution in [2.75, 3.05) is 13.1 Å². The number of nitrogens with one attached hydrogen (secondary N) is 2. The predicted molar refractivity (Wildman–Crippen MR) is 87.6 cm³/mol. The van der Waals surface area contributed by atoms with Crippen LogP contribution >= 0.6 is 0 Å². The minimum Gasteiger partial charge on any atom is -0.307 e. The summed E-state index contributed by atoms with van der Waals surface area (Å²) >= 11 is 0. The highest BCUT2D eigenvalue weighted by Gasteiger charge is 2.23. The van der Waals surface area contributed by atoms with E-state index in [1.807, 2.05) is 0 Å². The fourth-order valence-corrected chi connectivity index (χ4v) is 3.76. The summed E-state index contributed by atoms with van der Waals surface area (Å²) in [6.07, 6.45) is 4.90. The van der Waals surface area contributed by atoms with E-state index in [9.17, 15) is 0 Å². The van der Waals surface area contributed by atoms with E-state index >= 15 is 0 Å². The zero-order valence-electron chi connectivity index (χ0n) is 13.0. The molecular formula is C18H24N4. The van der Waals surface area contributed by atoms with Gasteiger partial charge in [-0.2, -0.15) is 5.10 Å². The molecule has 1 aliphatic carbocycles. The van der Waals surface area contributed by atoms with E-state index < -0.39 is 0 Å². The Kier molecular flexibility index (Phi) is 3.95. The molecule has 1 saturated heterocycles. The third-order valence-corrected chi connectivity index (χ3v) is 4.97. The molecule has 0 bridgehead atoms. The molecule has 1 aliphatic heterocycles. The number of rotatable bonds is 5. The fourth-order valence-electron chi connectivity index (χ4n) is 3.76. The second-order valence-corrected chi connectivity index (χ2v) is 6.57. The maximum absolute atomic E-state index is 4.48. The van der Waals surface area contributed by atoms with Crippen molar-refractivity contribution in [3.63, 3.8) is 0 Å². The molecule has 1 aromatic carbocycles. The highest BCUT2D eigenvalue weighted by molar-refractivity contribution is 5.29. The van der Waals surface area contributed by atoms with Gasteiger partial charge >= 0.3 is 0 Å². The minimum atomic E-state index is 0.595. The van der Waals surface area contributed by atoms with Gasteiger partial charge in [0, 0.05) is 37.9 Å². The monoisotopic (exact) mass is 296 g/mol. The Labute approximate surface area is 131 Å². The first-order valence-corrected chi connectivity index (χ1v) is 8.43. The molecule has 0 spiro atoms. The normalized spacial score (nSPS) is 21.4. The lowest BCUT2D eigenvalue weighted by molar-refractivity contribution is 0.319. The number of hydrogen-bond acceptors (Lipinski definition) is 3. The molecule has 2 heterocycles. The Balaban J connectivity index is 1.28. The van der Waals surface area contributed by atoms with Gasteiger partial charge in [0.1, 0.15) is 0 Å². The van der Waals surface area contributed by atoms with Crippen molar-refractivity contribution in [2.45, 2.75) is 44.8 Å². The Bertz CT molecular complexity index is 619. The summed E-state index contributed by atoms with van der Waals surface area (Å²) < 4.78 is 0. The largest absolute Gasteiger partial charge is 0.307 e. The van der Waals surface area contributed by atoms with E-state index in [1.165, 1.54) is 54.7 Å². The predicted octanol–water partition coefficient (Wildman–Crippen LogP) is 2.26. The summed E-state index contributed by atoms with van der Waals surface area (Å²) in [6, 6.07) is 11.4. The van der Waals surface area contributed by atoms with Crippen LogP contribution in [0.3, 0.4) is 0 Å². The maximum Gasteiger partial charge on any atom is 0.0794 e. The number of aryl methyl sites for hydroxylation is 1. The number of fused-ring (bicyclic) bond motifs is 1. The van der Waals surface area contributed by atoms with Gasteiger partial charge in [0.05, 0.1) is 5.69 Å². The van der Waals surface area contributed by atoms with Crippen LogP contribution in [0.5, 0.6) is 0 Å². The number of likely N-dealkylation sites (tertiary alicyclic amines) is 1. The SMILES string of the molecule is c1ccc(CN2CC[C@H](NCc3n[nH]c4c3CCC4)C2)cc1. The molecule has 4 nitrogen and oxygen atoms in total. The van der Waals surface area contributed by atoms with Crippen molar-refractivity contribution >= 4 is 0 Å². The summed E-state index contributed by atoms with van der Waals surface area (Å²) in [4.78, 5) is 2.54. The Morgan fingerprint density at radius 2 is 2.14 bits per heavy atom. The zero-order chi connectivity index (χ0) is 14.8. The molecule has 2 aromatic rings. The molecule has 0 amide bonds. The lowest BCUT2D eigenvalue weighted by atomic mass is 10.2. The van der Waals surface area contributed by atoms with E-state index in [0.717, 1.165) is 19.6 Å². The van der Waals surface area contributed by atoms with Gasteiger partial charge in [-0.3, -0.25) is 10.00 Å². The third-order valence-electron chi connectivity index (χ3n) is 4.97. The second kappa shape index (κ2) is 6.23. The Morgan fingerprint density at radius 1 is 1.23 bits per heavy atom. The number of aromatic amines is 1. The van der Waals surface area contributed by atoms with E-state index in [-0.39, 0.29) is 0 Å². The zero-order valence-corrected chi connectivity index (χ0v) is 13.0. The maximum atomic E-state index is 4.48. The van der Waals surface area contributed by atoms with Crippen molar-refractivity contribution in [3.05, 3.63) is 52.8 Å². The van der Waals surface area contributed by atoms with E-state index in [0.29, 0.717) is 6.04 Å². The topological polar surface area (TPSA) is 44.0 Å². The summed E-state index contributed by atoms with van der Waals surface area (Å²) in [5, 5.41) is 11.4. The molecule has 0 radical (unpaired) electrons. The first-order chi connectivity index (χ1) is 10.9. The van der Waals surface area contributed by atoms with Gasteiger partial charge in [-0.25, -0.2) is 0 Å². The van der Waals surface area contributed by atoms with Gasteiger partial charge in [0.2, 0.25) is 0 Å². The van der Waals surface area contributed by atoms with Crippen LogP contribution in [0, 0.1) is 0 Å². The lowest BCUT2D eigenvalue weighted by Crippen LogP contribution is -2.32. The van der Waals surface area contributed by atoms with Crippen LogP contribution in [0.1, 0.15) is 35.4 Å². The van der Waals surface area contributed by atoms with Crippen molar-refractivity contribution in [2.24, 2.45) is 0 Å². The lowest BCUT2D eigenvalue weighted by Gasteiger charge is -2.16. The van der Waals surface area contributed by atoms with Crippen molar-refractivity contribution in [1.29, 1.82) is 0 Å². The molecule has 1 aromatic heterocycles. The summed E-state index contributed by atoms with van der Waals surface area (Å²) in [5.74, 6) is 0. The number of H-pyrrole nitrogens is 1. The van der Waals surface area contributed by atoms with Crippen LogP contribution in [0.4, 0.5) is 0 Å². The van der Waals surface area contributed by atoms with Crippen LogP contribution in [0.15, 0.2) is 30.3 Å². The van der Waals surface area contributed by atoms with Gasteiger partial charge in [0.25, 0.3) is 0 Å². The number of benzene rings is 1. The molecule has 116 valence electrons. The average molecular weight is 296 g/mol. The quantitative estimate of drug-likeness (QED) is 0.889. The van der Waals surface area contributed by atoms with Crippen LogP contribution in [-0.2, 0) is 25.9 Å². The number of aromatic nitrogens is 2. The molecular weight excluding hydrogens is 272 g/mol. The molecule has 22 heavy (non-hydrogen) atoms.